The number of aryl methyl sites for hydroxylation is 1. The lowest BCUT2D eigenvalue weighted by Crippen LogP contribution is -2.57. The molecule has 2 aliphatic rings. The van der Waals surface area contributed by atoms with Gasteiger partial charge in [0.05, 0.1) is 5.69 Å². The predicted molar refractivity (Wildman–Crippen MR) is 77.1 cm³/mol. The highest BCUT2D eigenvalue weighted by Crippen LogP contribution is 2.36. The van der Waals surface area contributed by atoms with Crippen LogP contribution in [-0.2, 0) is 0 Å². The van der Waals surface area contributed by atoms with Crippen molar-refractivity contribution in [1.29, 1.82) is 0 Å². The van der Waals surface area contributed by atoms with E-state index in [-0.39, 0.29) is 5.82 Å². The number of hydrogen-bond acceptors (Lipinski definition) is 2. The van der Waals surface area contributed by atoms with Crippen LogP contribution in [0.5, 0.6) is 0 Å². The van der Waals surface area contributed by atoms with Crippen molar-refractivity contribution in [2.45, 2.75) is 45.2 Å². The standard InChI is InChI=1S/C16H23FN2/c1-3-13-9-18-15(12-7-8-12)10-19(13)16-11(2)5-4-6-14(16)17/h4-6,12-13,15,18H,3,7-10H2,1-2H3. The molecule has 1 N–H and O–H groups in total. The fraction of sp³-hybridized carbons (Fsp3) is 0.625. The molecule has 2 fully saturated rings. The Morgan fingerprint density at radius 3 is 2.79 bits per heavy atom. The molecule has 1 aliphatic heterocycles. The molecular weight excluding hydrogens is 239 g/mol. The molecule has 3 heteroatoms. The van der Waals surface area contributed by atoms with E-state index < -0.39 is 0 Å². The summed E-state index contributed by atoms with van der Waals surface area (Å²) in [6, 6.07) is 6.35. The van der Waals surface area contributed by atoms with E-state index >= 15 is 0 Å². The van der Waals surface area contributed by atoms with Gasteiger partial charge in [-0.3, -0.25) is 0 Å². The second-order valence-corrected chi connectivity index (χ2v) is 5.97. The van der Waals surface area contributed by atoms with E-state index in [0.717, 1.165) is 36.7 Å². The number of benzene rings is 1. The minimum Gasteiger partial charge on any atom is -0.363 e. The maximum absolute atomic E-state index is 14.2. The van der Waals surface area contributed by atoms with Gasteiger partial charge in [-0.15, -0.1) is 0 Å². The second-order valence-electron chi connectivity index (χ2n) is 5.97. The van der Waals surface area contributed by atoms with Crippen LogP contribution >= 0.6 is 0 Å². The molecule has 0 amide bonds. The van der Waals surface area contributed by atoms with Gasteiger partial charge in [0.15, 0.2) is 0 Å². The monoisotopic (exact) mass is 262 g/mol. The summed E-state index contributed by atoms with van der Waals surface area (Å²) in [5.74, 6) is 0.738. The largest absolute Gasteiger partial charge is 0.363 e. The number of hydrogen-bond donors (Lipinski definition) is 1. The molecule has 1 heterocycles. The number of halogens is 1. The smallest absolute Gasteiger partial charge is 0.146 e. The van der Waals surface area contributed by atoms with Crippen molar-refractivity contribution in [2.75, 3.05) is 18.0 Å². The van der Waals surface area contributed by atoms with Gasteiger partial charge in [0.25, 0.3) is 0 Å². The topological polar surface area (TPSA) is 15.3 Å². The molecule has 3 rings (SSSR count). The zero-order chi connectivity index (χ0) is 13.4. The van der Waals surface area contributed by atoms with Crippen LogP contribution in [0.4, 0.5) is 10.1 Å². The normalized spacial score (nSPS) is 27.6. The van der Waals surface area contributed by atoms with Gasteiger partial charge < -0.3 is 10.2 Å². The van der Waals surface area contributed by atoms with Gasteiger partial charge in [0.2, 0.25) is 0 Å². The molecule has 0 aromatic heterocycles. The number of piperazine rings is 1. The number of rotatable bonds is 3. The fourth-order valence-corrected chi connectivity index (χ4v) is 3.26. The van der Waals surface area contributed by atoms with Crippen LogP contribution in [0.3, 0.4) is 0 Å². The Morgan fingerprint density at radius 1 is 1.37 bits per heavy atom. The minimum absolute atomic E-state index is 0.0742. The van der Waals surface area contributed by atoms with Crippen molar-refractivity contribution in [2.24, 2.45) is 5.92 Å². The van der Waals surface area contributed by atoms with Crippen LogP contribution < -0.4 is 10.2 Å². The van der Waals surface area contributed by atoms with E-state index in [4.69, 9.17) is 0 Å². The van der Waals surface area contributed by atoms with Crippen molar-refractivity contribution >= 4 is 5.69 Å². The van der Waals surface area contributed by atoms with E-state index in [1.807, 2.05) is 13.0 Å². The maximum Gasteiger partial charge on any atom is 0.146 e. The van der Waals surface area contributed by atoms with E-state index in [0.29, 0.717) is 12.1 Å². The van der Waals surface area contributed by atoms with Gasteiger partial charge in [-0.05, 0) is 43.7 Å². The first-order chi connectivity index (χ1) is 9.20. The fourth-order valence-electron chi connectivity index (χ4n) is 3.26. The van der Waals surface area contributed by atoms with E-state index in [1.165, 1.54) is 12.8 Å². The lowest BCUT2D eigenvalue weighted by molar-refractivity contribution is 0.356. The van der Waals surface area contributed by atoms with Crippen molar-refractivity contribution in [3.8, 4) is 0 Å². The molecule has 1 aromatic carbocycles. The molecular formula is C16H23FN2. The van der Waals surface area contributed by atoms with Crippen molar-refractivity contribution in [3.05, 3.63) is 29.6 Å². The summed E-state index contributed by atoms with van der Waals surface area (Å²) in [6.45, 7) is 6.13. The van der Waals surface area contributed by atoms with Gasteiger partial charge in [-0.2, -0.15) is 0 Å². The maximum atomic E-state index is 14.2. The minimum atomic E-state index is -0.0742. The van der Waals surface area contributed by atoms with Gasteiger partial charge in [-0.25, -0.2) is 4.39 Å². The molecule has 0 radical (unpaired) electrons. The first-order valence-corrected chi connectivity index (χ1v) is 7.45. The summed E-state index contributed by atoms with van der Waals surface area (Å²) in [4.78, 5) is 2.31. The first-order valence-electron chi connectivity index (χ1n) is 7.45. The summed E-state index contributed by atoms with van der Waals surface area (Å²) in [7, 11) is 0. The zero-order valence-corrected chi connectivity index (χ0v) is 11.8. The van der Waals surface area contributed by atoms with E-state index in [9.17, 15) is 4.39 Å². The molecule has 19 heavy (non-hydrogen) atoms. The number of para-hydroxylation sites is 1. The summed E-state index contributed by atoms with van der Waals surface area (Å²) in [5, 5.41) is 3.66. The lowest BCUT2D eigenvalue weighted by Gasteiger charge is -2.42. The van der Waals surface area contributed by atoms with Crippen molar-refractivity contribution in [3.63, 3.8) is 0 Å². The molecule has 1 saturated heterocycles. The Kier molecular flexibility index (Phi) is 3.48. The van der Waals surface area contributed by atoms with Crippen molar-refractivity contribution < 1.29 is 4.39 Å². The summed E-state index contributed by atoms with van der Waals surface area (Å²) in [6.07, 6.45) is 3.72. The van der Waals surface area contributed by atoms with Crippen LogP contribution in [0.25, 0.3) is 0 Å². The van der Waals surface area contributed by atoms with Crippen LogP contribution in [0, 0.1) is 18.7 Å². The van der Waals surface area contributed by atoms with Gasteiger partial charge >= 0.3 is 0 Å². The van der Waals surface area contributed by atoms with Gasteiger partial charge in [0, 0.05) is 25.2 Å². The third kappa shape index (κ3) is 2.48. The Labute approximate surface area is 115 Å². The number of nitrogens with one attached hydrogen (secondary N) is 1. The molecule has 1 aromatic rings. The zero-order valence-electron chi connectivity index (χ0n) is 11.8. The van der Waals surface area contributed by atoms with Gasteiger partial charge in [-0.1, -0.05) is 19.1 Å². The van der Waals surface area contributed by atoms with Crippen LogP contribution in [0.2, 0.25) is 0 Å². The average Bonchev–Trinajstić information content (AvgIpc) is 3.23. The van der Waals surface area contributed by atoms with Crippen LogP contribution in [0.15, 0.2) is 18.2 Å². The molecule has 0 bridgehead atoms. The quantitative estimate of drug-likeness (QED) is 0.900. The molecule has 104 valence electrons. The Morgan fingerprint density at radius 2 is 2.16 bits per heavy atom. The van der Waals surface area contributed by atoms with Crippen LogP contribution in [-0.4, -0.2) is 25.2 Å². The van der Waals surface area contributed by atoms with E-state index in [2.05, 4.69) is 17.1 Å². The molecule has 0 spiro atoms. The van der Waals surface area contributed by atoms with E-state index in [1.54, 1.807) is 12.1 Å². The number of anilines is 1. The summed E-state index contributed by atoms with van der Waals surface area (Å²) < 4.78 is 14.2. The van der Waals surface area contributed by atoms with Crippen LogP contribution in [0.1, 0.15) is 31.7 Å². The third-order valence-electron chi connectivity index (χ3n) is 4.59. The molecule has 2 nitrogen and oxygen atoms in total. The Hall–Kier alpha value is -1.09. The molecule has 1 aliphatic carbocycles. The summed E-state index contributed by atoms with van der Waals surface area (Å²) in [5.41, 5.74) is 1.87. The molecule has 2 atom stereocenters. The molecule has 1 saturated carbocycles. The molecule has 2 unspecified atom stereocenters. The SMILES string of the molecule is CCC1CNC(C2CC2)CN1c1c(C)cccc1F. The Bertz CT molecular complexity index is 436. The predicted octanol–water partition coefficient (Wildman–Crippen LogP) is 3.10. The Balaban J connectivity index is 1.89. The highest BCUT2D eigenvalue weighted by atomic mass is 19.1. The van der Waals surface area contributed by atoms with Gasteiger partial charge in [0.1, 0.15) is 5.82 Å². The third-order valence-corrected chi connectivity index (χ3v) is 4.59. The lowest BCUT2D eigenvalue weighted by atomic mass is 10.0. The summed E-state index contributed by atoms with van der Waals surface area (Å²) >= 11 is 0. The highest BCUT2D eigenvalue weighted by molar-refractivity contribution is 5.55. The van der Waals surface area contributed by atoms with Crippen molar-refractivity contribution in [1.82, 2.24) is 5.32 Å². The number of nitrogens with zero attached hydrogens (tertiary/aromatic N) is 1. The average molecular weight is 262 g/mol. The highest BCUT2D eigenvalue weighted by Gasteiger charge is 2.37. The first kappa shape index (κ1) is 12.9. The second kappa shape index (κ2) is 5.12.